The van der Waals surface area contributed by atoms with Crippen molar-refractivity contribution in [2.75, 3.05) is 13.1 Å². The summed E-state index contributed by atoms with van der Waals surface area (Å²) in [4.78, 5) is 6.84. The lowest BCUT2D eigenvalue weighted by Gasteiger charge is -2.31. The van der Waals surface area contributed by atoms with Gasteiger partial charge in [-0.25, -0.2) is 4.39 Å². The minimum absolute atomic E-state index is 0.241. The van der Waals surface area contributed by atoms with E-state index in [0.29, 0.717) is 17.6 Å². The van der Waals surface area contributed by atoms with Gasteiger partial charge in [-0.1, -0.05) is 17.7 Å². The number of hydrogen-bond donors (Lipinski definition) is 1. The SMILES string of the molecule is Fc1ccc(Cl)c(CN(Cc2ccccn2)C2CCCNCC2)c1. The number of benzene rings is 1. The van der Waals surface area contributed by atoms with Gasteiger partial charge >= 0.3 is 0 Å². The molecule has 3 rings (SSSR count). The van der Waals surface area contributed by atoms with E-state index in [9.17, 15) is 4.39 Å². The van der Waals surface area contributed by atoms with Crippen LogP contribution in [0.5, 0.6) is 0 Å². The van der Waals surface area contributed by atoms with Crippen LogP contribution in [0.1, 0.15) is 30.5 Å². The van der Waals surface area contributed by atoms with Gasteiger partial charge in [0.15, 0.2) is 0 Å². The van der Waals surface area contributed by atoms with E-state index in [1.54, 1.807) is 12.1 Å². The molecule has 1 atom stereocenters. The summed E-state index contributed by atoms with van der Waals surface area (Å²) >= 11 is 6.29. The summed E-state index contributed by atoms with van der Waals surface area (Å²) in [6.07, 6.45) is 5.18. The Morgan fingerprint density at radius 1 is 1.17 bits per heavy atom. The summed E-state index contributed by atoms with van der Waals surface area (Å²) in [6.45, 7) is 3.46. The molecule has 1 aliphatic heterocycles. The van der Waals surface area contributed by atoms with E-state index in [-0.39, 0.29) is 5.82 Å². The minimum atomic E-state index is -0.241. The monoisotopic (exact) mass is 347 g/mol. The summed E-state index contributed by atoms with van der Waals surface area (Å²) in [7, 11) is 0. The van der Waals surface area contributed by atoms with Gasteiger partial charge in [-0.15, -0.1) is 0 Å². The highest BCUT2D eigenvalue weighted by molar-refractivity contribution is 6.31. The third kappa shape index (κ3) is 4.76. The first-order valence-electron chi connectivity index (χ1n) is 8.51. The molecule has 3 nitrogen and oxygen atoms in total. The molecule has 1 aliphatic rings. The Bertz CT molecular complexity index is 642. The number of halogens is 2. The lowest BCUT2D eigenvalue weighted by atomic mass is 10.1. The third-order valence-electron chi connectivity index (χ3n) is 4.53. The number of nitrogens with one attached hydrogen (secondary N) is 1. The van der Waals surface area contributed by atoms with Crippen LogP contribution in [0.3, 0.4) is 0 Å². The molecule has 1 unspecified atom stereocenters. The lowest BCUT2D eigenvalue weighted by molar-refractivity contribution is 0.162. The van der Waals surface area contributed by atoms with Gasteiger partial charge in [0.05, 0.1) is 5.69 Å². The Kier molecular flexibility index (Phi) is 6.18. The highest BCUT2D eigenvalue weighted by Gasteiger charge is 2.21. The van der Waals surface area contributed by atoms with Crippen molar-refractivity contribution in [3.8, 4) is 0 Å². The standard InChI is InChI=1S/C19H23ClFN3/c20-19-7-6-16(21)12-15(19)13-24(14-17-4-1-2-10-23-17)18-5-3-9-22-11-8-18/h1-2,4,6-7,10,12,18,22H,3,5,8-9,11,13-14H2. The Morgan fingerprint density at radius 3 is 2.92 bits per heavy atom. The minimum Gasteiger partial charge on any atom is -0.317 e. The summed E-state index contributed by atoms with van der Waals surface area (Å²) in [5.74, 6) is -0.241. The van der Waals surface area contributed by atoms with Crippen LogP contribution in [0.15, 0.2) is 42.6 Å². The van der Waals surface area contributed by atoms with E-state index in [0.717, 1.165) is 50.2 Å². The van der Waals surface area contributed by atoms with Crippen LogP contribution in [0.4, 0.5) is 4.39 Å². The smallest absolute Gasteiger partial charge is 0.123 e. The molecule has 2 heterocycles. The molecule has 1 N–H and O–H groups in total. The number of pyridine rings is 1. The van der Waals surface area contributed by atoms with Crippen LogP contribution in [0.2, 0.25) is 5.02 Å². The molecule has 0 saturated carbocycles. The molecule has 0 amide bonds. The first-order valence-corrected chi connectivity index (χ1v) is 8.89. The van der Waals surface area contributed by atoms with Crippen molar-refractivity contribution in [2.24, 2.45) is 0 Å². The average molecular weight is 348 g/mol. The van der Waals surface area contributed by atoms with Gasteiger partial charge in [-0.3, -0.25) is 9.88 Å². The van der Waals surface area contributed by atoms with E-state index in [4.69, 9.17) is 11.6 Å². The normalized spacial score (nSPS) is 18.5. The highest BCUT2D eigenvalue weighted by Crippen LogP contribution is 2.24. The fraction of sp³-hybridized carbons (Fsp3) is 0.421. The summed E-state index contributed by atoms with van der Waals surface area (Å²) in [6, 6.07) is 11.0. The van der Waals surface area contributed by atoms with E-state index in [1.807, 2.05) is 24.4 Å². The van der Waals surface area contributed by atoms with E-state index in [2.05, 4.69) is 15.2 Å². The van der Waals surface area contributed by atoms with Gasteiger partial charge in [0.25, 0.3) is 0 Å². The highest BCUT2D eigenvalue weighted by atomic mass is 35.5. The van der Waals surface area contributed by atoms with Crippen LogP contribution >= 0.6 is 11.6 Å². The molecule has 1 aromatic heterocycles. The van der Waals surface area contributed by atoms with Crippen molar-refractivity contribution >= 4 is 11.6 Å². The Morgan fingerprint density at radius 2 is 2.08 bits per heavy atom. The first kappa shape index (κ1) is 17.3. The molecule has 1 fully saturated rings. The van der Waals surface area contributed by atoms with Crippen LogP contribution in [-0.4, -0.2) is 29.0 Å². The van der Waals surface area contributed by atoms with Crippen LogP contribution < -0.4 is 5.32 Å². The van der Waals surface area contributed by atoms with Crippen molar-refractivity contribution in [1.29, 1.82) is 0 Å². The molecule has 24 heavy (non-hydrogen) atoms. The van der Waals surface area contributed by atoms with Crippen molar-refractivity contribution in [3.63, 3.8) is 0 Å². The molecule has 0 radical (unpaired) electrons. The summed E-state index contributed by atoms with van der Waals surface area (Å²) in [5, 5.41) is 4.07. The molecular formula is C19H23ClFN3. The zero-order valence-electron chi connectivity index (χ0n) is 13.7. The quantitative estimate of drug-likeness (QED) is 0.885. The third-order valence-corrected chi connectivity index (χ3v) is 4.90. The maximum Gasteiger partial charge on any atom is 0.123 e. The van der Waals surface area contributed by atoms with Gasteiger partial charge in [0.2, 0.25) is 0 Å². The van der Waals surface area contributed by atoms with E-state index < -0.39 is 0 Å². The maximum atomic E-state index is 13.6. The maximum absolute atomic E-state index is 13.6. The second kappa shape index (κ2) is 8.56. The van der Waals surface area contributed by atoms with Crippen LogP contribution in [-0.2, 0) is 13.1 Å². The molecule has 5 heteroatoms. The van der Waals surface area contributed by atoms with Gasteiger partial charge in [-0.2, -0.15) is 0 Å². The Balaban J connectivity index is 1.81. The average Bonchev–Trinajstić information content (AvgIpc) is 2.88. The van der Waals surface area contributed by atoms with Gasteiger partial charge in [-0.05, 0) is 68.2 Å². The number of nitrogens with zero attached hydrogens (tertiary/aromatic N) is 2. The summed E-state index contributed by atoms with van der Waals surface area (Å²) < 4.78 is 13.6. The Labute approximate surface area is 147 Å². The van der Waals surface area contributed by atoms with Gasteiger partial charge < -0.3 is 5.32 Å². The molecule has 0 spiro atoms. The number of rotatable bonds is 5. The van der Waals surface area contributed by atoms with Crippen molar-refractivity contribution in [2.45, 2.75) is 38.4 Å². The molecule has 2 aromatic rings. The summed E-state index contributed by atoms with van der Waals surface area (Å²) in [5.41, 5.74) is 1.87. The lowest BCUT2D eigenvalue weighted by Crippen LogP contribution is -2.35. The van der Waals surface area contributed by atoms with Crippen LogP contribution in [0.25, 0.3) is 0 Å². The van der Waals surface area contributed by atoms with Crippen molar-refractivity contribution in [1.82, 2.24) is 15.2 Å². The Hall–Kier alpha value is -1.49. The topological polar surface area (TPSA) is 28.2 Å². The van der Waals surface area contributed by atoms with Crippen molar-refractivity contribution < 1.29 is 4.39 Å². The largest absolute Gasteiger partial charge is 0.317 e. The molecule has 1 aromatic carbocycles. The molecule has 0 bridgehead atoms. The predicted octanol–water partition coefficient (Wildman–Crippen LogP) is 4.02. The molecule has 128 valence electrons. The predicted molar refractivity (Wildman–Crippen MR) is 95.4 cm³/mol. The zero-order chi connectivity index (χ0) is 16.8. The first-order chi connectivity index (χ1) is 11.7. The fourth-order valence-corrected chi connectivity index (χ4v) is 3.44. The molecule has 1 saturated heterocycles. The second-order valence-electron chi connectivity index (χ2n) is 6.30. The van der Waals surface area contributed by atoms with E-state index >= 15 is 0 Å². The molecule has 0 aliphatic carbocycles. The van der Waals surface area contributed by atoms with Gasteiger partial charge in [0, 0.05) is 30.4 Å². The fourth-order valence-electron chi connectivity index (χ4n) is 3.26. The van der Waals surface area contributed by atoms with E-state index in [1.165, 1.54) is 6.07 Å². The van der Waals surface area contributed by atoms with Crippen LogP contribution in [0, 0.1) is 5.82 Å². The zero-order valence-corrected chi connectivity index (χ0v) is 14.5. The van der Waals surface area contributed by atoms with Crippen molar-refractivity contribution in [3.05, 3.63) is 64.7 Å². The molecular weight excluding hydrogens is 325 g/mol. The number of aromatic nitrogens is 1. The van der Waals surface area contributed by atoms with Gasteiger partial charge in [0.1, 0.15) is 5.82 Å². The number of hydrogen-bond acceptors (Lipinski definition) is 3. The second-order valence-corrected chi connectivity index (χ2v) is 6.70.